The van der Waals surface area contributed by atoms with Crippen LogP contribution in [-0.2, 0) is 4.74 Å². The summed E-state index contributed by atoms with van der Waals surface area (Å²) in [5.41, 5.74) is 4.83. The van der Waals surface area contributed by atoms with Gasteiger partial charge >= 0.3 is 0 Å². The zero-order valence-electron chi connectivity index (χ0n) is 16.9. The van der Waals surface area contributed by atoms with E-state index in [1.165, 1.54) is 12.6 Å². The minimum Gasteiger partial charge on any atom is -0.329 e. The molecule has 0 amide bonds. The maximum Gasteiger partial charge on any atom is 0.194 e. The van der Waals surface area contributed by atoms with E-state index >= 15 is 0 Å². The minimum absolute atomic E-state index is 0.0986. The molecule has 4 nitrogen and oxygen atoms in total. The molecule has 1 aliphatic heterocycles. The second-order valence-electron chi connectivity index (χ2n) is 7.60. The zero-order chi connectivity index (χ0) is 20.8. The number of rotatable bonds is 6. The van der Waals surface area contributed by atoms with Gasteiger partial charge in [-0.3, -0.25) is 10.3 Å². The molecular formula is C25H27ClN3O+. The number of benzene rings is 2. The molecule has 154 valence electrons. The van der Waals surface area contributed by atoms with E-state index in [9.17, 15) is 0 Å². The lowest BCUT2D eigenvalue weighted by molar-refractivity contribution is -0.686. The van der Waals surface area contributed by atoms with Crippen LogP contribution in [0.4, 0.5) is 0 Å². The van der Waals surface area contributed by atoms with Gasteiger partial charge in [0.05, 0.1) is 29.3 Å². The summed E-state index contributed by atoms with van der Waals surface area (Å²) >= 11 is 6.77. The van der Waals surface area contributed by atoms with E-state index in [0.29, 0.717) is 0 Å². The van der Waals surface area contributed by atoms with Crippen LogP contribution in [0.3, 0.4) is 0 Å². The van der Waals surface area contributed by atoms with Gasteiger partial charge in [0.1, 0.15) is 5.70 Å². The van der Waals surface area contributed by atoms with Crippen molar-refractivity contribution in [3.63, 3.8) is 0 Å². The van der Waals surface area contributed by atoms with Gasteiger partial charge in [0.25, 0.3) is 0 Å². The maximum absolute atomic E-state index is 7.92. The van der Waals surface area contributed by atoms with E-state index in [4.69, 9.17) is 26.7 Å². The predicted octanol–water partition coefficient (Wildman–Crippen LogP) is 4.06. The molecule has 2 aliphatic rings. The number of alkyl halides is 1. The summed E-state index contributed by atoms with van der Waals surface area (Å²) < 4.78 is 5.85. The second-order valence-corrected chi connectivity index (χ2v) is 8.11. The fourth-order valence-corrected chi connectivity index (χ4v) is 4.15. The van der Waals surface area contributed by atoms with Crippen LogP contribution < -0.4 is 5.32 Å². The van der Waals surface area contributed by atoms with E-state index in [2.05, 4.69) is 29.6 Å². The highest BCUT2D eigenvalue weighted by atomic mass is 35.5. The summed E-state index contributed by atoms with van der Waals surface area (Å²) in [6.45, 7) is 0.798. The second kappa shape index (κ2) is 9.98. The van der Waals surface area contributed by atoms with E-state index in [-0.39, 0.29) is 17.6 Å². The molecule has 0 bridgehead atoms. The number of halogens is 1. The van der Waals surface area contributed by atoms with Crippen molar-refractivity contribution in [1.29, 1.82) is 5.41 Å². The van der Waals surface area contributed by atoms with E-state index in [1.807, 2.05) is 48.6 Å². The van der Waals surface area contributed by atoms with Crippen molar-refractivity contribution in [3.05, 3.63) is 95.2 Å². The van der Waals surface area contributed by atoms with E-state index in [0.717, 1.165) is 47.6 Å². The number of allylic oxidation sites excluding steroid dienone is 1. The lowest BCUT2D eigenvalue weighted by Crippen LogP contribution is -2.89. The lowest BCUT2D eigenvalue weighted by Gasteiger charge is -2.25. The van der Waals surface area contributed by atoms with Crippen molar-refractivity contribution >= 4 is 23.5 Å². The SMILES string of the molecule is N=CC1=CC(N=C(c2ccccc2)c2ccccc2)C(Cl)C=C1[NH2+]C1CCCCO1. The van der Waals surface area contributed by atoms with Gasteiger partial charge in [-0.15, -0.1) is 11.6 Å². The highest BCUT2D eigenvalue weighted by molar-refractivity contribution is 6.23. The standard InChI is InChI=1S/C25H26ClN3O/c26-21-16-22(28-24-13-7-8-14-30-24)20(17-27)15-23(21)29-25(18-9-3-1-4-10-18)19-11-5-2-6-12-19/h1-6,9-12,15-17,21,23-24,27-28H,7-8,13-14H2/p+1. The number of nitrogens with zero attached hydrogens (tertiary/aromatic N) is 1. The average Bonchev–Trinajstić information content (AvgIpc) is 2.80. The molecule has 0 aromatic heterocycles. The third-order valence-electron chi connectivity index (χ3n) is 5.46. The largest absolute Gasteiger partial charge is 0.329 e. The molecule has 30 heavy (non-hydrogen) atoms. The molecule has 1 heterocycles. The van der Waals surface area contributed by atoms with Gasteiger partial charge in [0.2, 0.25) is 0 Å². The molecule has 1 aliphatic carbocycles. The van der Waals surface area contributed by atoms with Gasteiger partial charge < -0.3 is 10.1 Å². The lowest BCUT2D eigenvalue weighted by atomic mass is 9.97. The predicted molar refractivity (Wildman–Crippen MR) is 122 cm³/mol. The normalized spacial score (nSPS) is 23.8. The molecule has 0 radical (unpaired) electrons. The number of hydrogen-bond donors (Lipinski definition) is 2. The Hall–Kier alpha value is -2.53. The first-order chi connectivity index (χ1) is 14.7. The Labute approximate surface area is 182 Å². The van der Waals surface area contributed by atoms with Crippen molar-refractivity contribution in [3.8, 4) is 0 Å². The van der Waals surface area contributed by atoms with Crippen LogP contribution in [0.1, 0.15) is 30.4 Å². The maximum atomic E-state index is 7.92. The molecule has 4 rings (SSSR count). The zero-order valence-corrected chi connectivity index (χ0v) is 17.6. The highest BCUT2D eigenvalue weighted by Crippen LogP contribution is 2.23. The van der Waals surface area contributed by atoms with Gasteiger partial charge in [-0.1, -0.05) is 60.7 Å². The number of nitrogens with two attached hydrogens (primary N) is 1. The Morgan fingerprint density at radius 3 is 2.23 bits per heavy atom. The smallest absolute Gasteiger partial charge is 0.194 e. The first-order valence-corrected chi connectivity index (χ1v) is 10.9. The summed E-state index contributed by atoms with van der Waals surface area (Å²) in [5, 5.41) is 9.75. The molecule has 0 spiro atoms. The molecule has 0 saturated carbocycles. The Morgan fingerprint density at radius 1 is 1.00 bits per heavy atom. The number of quaternary nitrogens is 1. The monoisotopic (exact) mass is 420 g/mol. The summed E-state index contributed by atoms with van der Waals surface area (Å²) in [6, 6.07) is 20.1. The topological polar surface area (TPSA) is 62.0 Å². The fraction of sp³-hybridized carbons (Fsp3) is 0.280. The van der Waals surface area contributed by atoms with Crippen molar-refractivity contribution in [2.75, 3.05) is 6.61 Å². The van der Waals surface area contributed by atoms with Crippen molar-refractivity contribution in [2.24, 2.45) is 4.99 Å². The van der Waals surface area contributed by atoms with Crippen molar-refractivity contribution in [2.45, 2.75) is 36.9 Å². The Morgan fingerprint density at radius 2 is 1.67 bits per heavy atom. The van der Waals surface area contributed by atoms with Crippen LogP contribution in [-0.4, -0.2) is 36.2 Å². The summed E-state index contributed by atoms with van der Waals surface area (Å²) in [7, 11) is 0. The molecule has 5 heteroatoms. The average molecular weight is 421 g/mol. The quantitative estimate of drug-likeness (QED) is 0.537. The third-order valence-corrected chi connectivity index (χ3v) is 5.84. The molecule has 3 unspecified atom stereocenters. The Kier molecular flexibility index (Phi) is 6.90. The highest BCUT2D eigenvalue weighted by Gasteiger charge is 2.28. The summed E-state index contributed by atoms with van der Waals surface area (Å²) in [4.78, 5) is 5.05. The fourth-order valence-electron chi connectivity index (χ4n) is 3.88. The van der Waals surface area contributed by atoms with Crippen molar-refractivity contribution in [1.82, 2.24) is 0 Å². The van der Waals surface area contributed by atoms with E-state index in [1.54, 1.807) is 0 Å². The Bertz CT molecular complexity index is 905. The van der Waals surface area contributed by atoms with Crippen LogP contribution in [0.2, 0.25) is 0 Å². The molecule has 1 fully saturated rings. The third kappa shape index (κ3) is 4.96. The van der Waals surface area contributed by atoms with Gasteiger partial charge in [0.15, 0.2) is 6.23 Å². The van der Waals surface area contributed by atoms with Gasteiger partial charge in [-0.25, -0.2) is 0 Å². The van der Waals surface area contributed by atoms with Gasteiger partial charge in [-0.2, -0.15) is 0 Å². The number of ether oxygens (including phenoxy) is 1. The van der Waals surface area contributed by atoms with Crippen molar-refractivity contribution < 1.29 is 10.1 Å². The molecule has 1 saturated heterocycles. The first-order valence-electron chi connectivity index (χ1n) is 10.5. The first kappa shape index (κ1) is 20.7. The van der Waals surface area contributed by atoms with Crippen LogP contribution in [0.5, 0.6) is 0 Å². The molecule has 2 aromatic carbocycles. The Balaban J connectivity index is 1.64. The van der Waals surface area contributed by atoms with Crippen LogP contribution in [0.15, 0.2) is 89.1 Å². The minimum atomic E-state index is -0.286. The van der Waals surface area contributed by atoms with E-state index < -0.39 is 0 Å². The molecular weight excluding hydrogens is 394 g/mol. The van der Waals surface area contributed by atoms with Crippen LogP contribution >= 0.6 is 11.6 Å². The summed E-state index contributed by atoms with van der Waals surface area (Å²) in [6.07, 6.45) is 8.82. The molecule has 3 N–H and O–H groups in total. The van der Waals surface area contributed by atoms with Gasteiger partial charge in [0, 0.05) is 23.8 Å². The number of aliphatic imine (C=N–C) groups is 1. The molecule has 3 atom stereocenters. The number of hydrogen-bond acceptors (Lipinski definition) is 3. The van der Waals surface area contributed by atoms with Crippen LogP contribution in [0, 0.1) is 5.41 Å². The summed E-state index contributed by atoms with van der Waals surface area (Å²) in [5.74, 6) is 0. The van der Waals surface area contributed by atoms with Crippen LogP contribution in [0.25, 0.3) is 0 Å². The van der Waals surface area contributed by atoms with Gasteiger partial charge in [-0.05, 0) is 25.0 Å². The number of nitrogens with one attached hydrogen (secondary N) is 1. The molecule has 2 aromatic rings.